The molecular formula is C8H15FO3. The van der Waals surface area contributed by atoms with Crippen LogP contribution in [0.4, 0.5) is 4.39 Å². The average molecular weight is 178 g/mol. The molecule has 0 spiro atoms. The number of hydrogen-bond donors (Lipinski definition) is 2. The number of allylic oxidation sites excluding steroid dienone is 1. The Morgan fingerprint density at radius 1 is 1.67 bits per heavy atom. The highest BCUT2D eigenvalue weighted by Gasteiger charge is 2.12. The third-order valence-electron chi connectivity index (χ3n) is 1.39. The van der Waals surface area contributed by atoms with E-state index in [1.54, 1.807) is 0 Å². The van der Waals surface area contributed by atoms with Crippen molar-refractivity contribution in [1.82, 2.24) is 0 Å². The van der Waals surface area contributed by atoms with Gasteiger partial charge >= 0.3 is 0 Å². The Morgan fingerprint density at radius 2 is 2.25 bits per heavy atom. The minimum Gasteiger partial charge on any atom is -0.394 e. The van der Waals surface area contributed by atoms with Crippen molar-refractivity contribution in [3.8, 4) is 0 Å². The van der Waals surface area contributed by atoms with Crippen molar-refractivity contribution < 1.29 is 19.3 Å². The number of aliphatic hydroxyl groups is 2. The van der Waals surface area contributed by atoms with E-state index in [1.807, 2.05) is 0 Å². The van der Waals surface area contributed by atoms with Gasteiger partial charge in [-0.2, -0.15) is 0 Å². The van der Waals surface area contributed by atoms with Crippen molar-refractivity contribution in [3.63, 3.8) is 0 Å². The highest BCUT2D eigenvalue weighted by atomic mass is 19.1. The third kappa shape index (κ3) is 5.23. The predicted molar refractivity (Wildman–Crippen MR) is 43.4 cm³/mol. The lowest BCUT2D eigenvalue weighted by Crippen LogP contribution is -2.30. The molecule has 0 fully saturated rings. The monoisotopic (exact) mass is 178 g/mol. The summed E-state index contributed by atoms with van der Waals surface area (Å²) in [6.45, 7) is 2.61. The number of aliphatic hydroxyl groups excluding tert-OH is 2. The SMILES string of the molecule is CC(F)=CCOC(CO)C(C)O. The smallest absolute Gasteiger partial charge is 0.106 e. The van der Waals surface area contributed by atoms with Gasteiger partial charge in [-0.1, -0.05) is 0 Å². The summed E-state index contributed by atoms with van der Waals surface area (Å²) in [5, 5.41) is 17.6. The molecule has 4 heteroatoms. The molecule has 72 valence electrons. The van der Waals surface area contributed by atoms with Gasteiger partial charge in [0.1, 0.15) is 6.10 Å². The molecule has 0 rings (SSSR count). The van der Waals surface area contributed by atoms with Crippen LogP contribution in [0.25, 0.3) is 0 Å². The van der Waals surface area contributed by atoms with Gasteiger partial charge in [-0.05, 0) is 19.9 Å². The van der Waals surface area contributed by atoms with Crippen LogP contribution in [0.5, 0.6) is 0 Å². The van der Waals surface area contributed by atoms with Gasteiger partial charge in [0.25, 0.3) is 0 Å². The third-order valence-corrected chi connectivity index (χ3v) is 1.39. The highest BCUT2D eigenvalue weighted by molar-refractivity contribution is 4.86. The van der Waals surface area contributed by atoms with E-state index in [9.17, 15) is 4.39 Å². The Balaban J connectivity index is 3.66. The second-order valence-electron chi connectivity index (χ2n) is 2.59. The van der Waals surface area contributed by atoms with Gasteiger partial charge < -0.3 is 14.9 Å². The van der Waals surface area contributed by atoms with Crippen molar-refractivity contribution >= 4 is 0 Å². The second-order valence-corrected chi connectivity index (χ2v) is 2.59. The fourth-order valence-corrected chi connectivity index (χ4v) is 0.631. The molecule has 0 aliphatic carbocycles. The summed E-state index contributed by atoms with van der Waals surface area (Å²) >= 11 is 0. The van der Waals surface area contributed by atoms with E-state index in [4.69, 9.17) is 14.9 Å². The molecule has 12 heavy (non-hydrogen) atoms. The lowest BCUT2D eigenvalue weighted by molar-refractivity contribution is -0.0464. The quantitative estimate of drug-likeness (QED) is 0.648. The maximum atomic E-state index is 12.1. The molecule has 2 N–H and O–H groups in total. The first-order chi connectivity index (χ1) is 5.57. The molecule has 0 aromatic heterocycles. The summed E-state index contributed by atoms with van der Waals surface area (Å²) in [5.41, 5.74) is 0. The van der Waals surface area contributed by atoms with Crippen LogP contribution in [-0.4, -0.2) is 35.6 Å². The molecule has 0 saturated heterocycles. The van der Waals surface area contributed by atoms with E-state index in [-0.39, 0.29) is 19.0 Å². The zero-order valence-electron chi connectivity index (χ0n) is 7.33. The molecule has 0 aliphatic rings. The molecule has 0 radical (unpaired) electrons. The first-order valence-corrected chi connectivity index (χ1v) is 3.80. The molecule has 0 heterocycles. The lowest BCUT2D eigenvalue weighted by atomic mass is 10.2. The first-order valence-electron chi connectivity index (χ1n) is 3.80. The normalized spacial score (nSPS) is 17.6. The number of halogens is 1. The zero-order valence-corrected chi connectivity index (χ0v) is 7.33. The maximum Gasteiger partial charge on any atom is 0.106 e. The van der Waals surface area contributed by atoms with Crippen LogP contribution in [0.2, 0.25) is 0 Å². The number of rotatable bonds is 5. The minimum atomic E-state index is -0.747. The van der Waals surface area contributed by atoms with Crippen LogP contribution >= 0.6 is 0 Å². The molecule has 3 nitrogen and oxygen atoms in total. The lowest BCUT2D eigenvalue weighted by Gasteiger charge is -2.16. The van der Waals surface area contributed by atoms with Crippen LogP contribution in [0.1, 0.15) is 13.8 Å². The second kappa shape index (κ2) is 6.11. The summed E-state index contributed by atoms with van der Waals surface area (Å²) in [7, 11) is 0. The molecule has 0 aliphatic heterocycles. The fourth-order valence-electron chi connectivity index (χ4n) is 0.631. The van der Waals surface area contributed by atoms with Gasteiger partial charge in [-0.3, -0.25) is 0 Å². The summed E-state index contributed by atoms with van der Waals surface area (Å²) < 4.78 is 17.1. The predicted octanol–water partition coefficient (Wildman–Crippen LogP) is 0.618. The van der Waals surface area contributed by atoms with E-state index >= 15 is 0 Å². The van der Waals surface area contributed by atoms with E-state index in [2.05, 4.69) is 0 Å². The summed E-state index contributed by atoms with van der Waals surface area (Å²) in [4.78, 5) is 0. The Morgan fingerprint density at radius 3 is 2.58 bits per heavy atom. The van der Waals surface area contributed by atoms with Crippen LogP contribution < -0.4 is 0 Å². The van der Waals surface area contributed by atoms with Crippen molar-refractivity contribution in [1.29, 1.82) is 0 Å². The Bertz CT molecular complexity index is 141. The molecule has 2 unspecified atom stereocenters. The van der Waals surface area contributed by atoms with Crippen LogP contribution in [0.3, 0.4) is 0 Å². The molecule has 0 aromatic carbocycles. The standard InChI is InChI=1S/C8H15FO3/c1-6(9)3-4-12-8(5-10)7(2)11/h3,7-8,10-11H,4-5H2,1-2H3. The largest absolute Gasteiger partial charge is 0.394 e. The number of hydrogen-bond acceptors (Lipinski definition) is 3. The van der Waals surface area contributed by atoms with Gasteiger partial charge in [0.15, 0.2) is 0 Å². The topological polar surface area (TPSA) is 49.7 Å². The van der Waals surface area contributed by atoms with Gasteiger partial charge in [0.2, 0.25) is 0 Å². The Labute approximate surface area is 71.5 Å². The average Bonchev–Trinajstić information content (AvgIpc) is 1.96. The van der Waals surface area contributed by atoms with Crippen molar-refractivity contribution in [3.05, 3.63) is 11.9 Å². The molecular weight excluding hydrogens is 163 g/mol. The summed E-state index contributed by atoms with van der Waals surface area (Å²) in [6.07, 6.45) is -0.144. The molecule has 0 aromatic rings. The molecule has 0 bridgehead atoms. The van der Waals surface area contributed by atoms with Crippen LogP contribution in [-0.2, 0) is 4.74 Å². The van der Waals surface area contributed by atoms with Gasteiger partial charge in [0.05, 0.1) is 25.1 Å². The van der Waals surface area contributed by atoms with Gasteiger partial charge in [0, 0.05) is 0 Å². The van der Waals surface area contributed by atoms with Gasteiger partial charge in [-0.15, -0.1) is 0 Å². The van der Waals surface area contributed by atoms with Crippen molar-refractivity contribution in [2.24, 2.45) is 0 Å². The molecule has 0 amide bonds. The summed E-state index contributed by atoms with van der Waals surface area (Å²) in [5.74, 6) is -0.336. The maximum absolute atomic E-state index is 12.1. The van der Waals surface area contributed by atoms with E-state index in [1.165, 1.54) is 19.9 Å². The first kappa shape index (κ1) is 11.6. The Hall–Kier alpha value is -0.450. The van der Waals surface area contributed by atoms with E-state index in [0.29, 0.717) is 0 Å². The zero-order chi connectivity index (χ0) is 9.56. The fraction of sp³-hybridized carbons (Fsp3) is 0.750. The van der Waals surface area contributed by atoms with Crippen LogP contribution in [0, 0.1) is 0 Å². The van der Waals surface area contributed by atoms with Gasteiger partial charge in [-0.25, -0.2) is 4.39 Å². The summed E-state index contributed by atoms with van der Waals surface area (Å²) in [6, 6.07) is 0. The number of ether oxygens (including phenoxy) is 1. The molecule has 2 atom stereocenters. The van der Waals surface area contributed by atoms with Crippen molar-refractivity contribution in [2.75, 3.05) is 13.2 Å². The minimum absolute atomic E-state index is 0.0679. The van der Waals surface area contributed by atoms with Crippen molar-refractivity contribution in [2.45, 2.75) is 26.1 Å². The Kier molecular flexibility index (Phi) is 5.88. The van der Waals surface area contributed by atoms with E-state index in [0.717, 1.165) is 0 Å². The molecule has 0 saturated carbocycles. The van der Waals surface area contributed by atoms with Crippen LogP contribution in [0.15, 0.2) is 11.9 Å². The van der Waals surface area contributed by atoms with E-state index < -0.39 is 12.2 Å². The highest BCUT2D eigenvalue weighted by Crippen LogP contribution is 1.99.